The van der Waals surface area contributed by atoms with Crippen molar-refractivity contribution in [2.24, 2.45) is 0 Å². The summed E-state index contributed by atoms with van der Waals surface area (Å²) in [5.74, 6) is -1.04. The fraction of sp³-hybridized carbons (Fsp3) is 0.500. The number of hydrogen-bond donors (Lipinski definition) is 2. The second-order valence-corrected chi connectivity index (χ2v) is 2.09. The van der Waals surface area contributed by atoms with Crippen LogP contribution in [-0.2, 0) is 4.79 Å². The van der Waals surface area contributed by atoms with Gasteiger partial charge in [-0.3, -0.25) is 9.59 Å². The third-order valence-electron chi connectivity index (χ3n) is 0.729. The highest BCUT2D eigenvalue weighted by atomic mass is 31.0. The third kappa shape index (κ3) is 3.91. The van der Waals surface area contributed by atoms with Crippen LogP contribution in [0, 0.1) is 0 Å². The van der Waals surface area contributed by atoms with Crippen molar-refractivity contribution in [1.82, 2.24) is 5.32 Å². The Kier molecular flexibility index (Phi) is 3.17. The van der Waals surface area contributed by atoms with Gasteiger partial charge in [-0.1, -0.05) is 0 Å². The minimum atomic E-state index is -1.04. The number of aliphatic carboxylic acids is 1. The predicted molar refractivity (Wildman–Crippen MR) is 35.3 cm³/mol. The van der Waals surface area contributed by atoms with Crippen LogP contribution < -0.4 is 5.32 Å². The Hall–Kier alpha value is -0.630. The second kappa shape index (κ2) is 3.41. The van der Waals surface area contributed by atoms with Gasteiger partial charge in [-0.15, -0.1) is 0 Å². The topological polar surface area (TPSA) is 66.4 Å². The van der Waals surface area contributed by atoms with Gasteiger partial charge in [0.15, 0.2) is 0 Å². The van der Waals surface area contributed by atoms with Crippen molar-refractivity contribution in [2.75, 3.05) is 0 Å². The van der Waals surface area contributed by atoms with Crippen LogP contribution in [0.25, 0.3) is 0 Å². The van der Waals surface area contributed by atoms with Gasteiger partial charge in [-0.05, 0) is 16.2 Å². The number of carbonyl (C=O) groups is 2. The fourth-order valence-electron chi connectivity index (χ4n) is 0.275. The molecular formula is C4H8NO3P. The molecule has 0 saturated carbocycles. The lowest BCUT2D eigenvalue weighted by atomic mass is 10.4. The van der Waals surface area contributed by atoms with Crippen molar-refractivity contribution in [1.29, 1.82) is 0 Å². The quantitative estimate of drug-likeness (QED) is 0.545. The van der Waals surface area contributed by atoms with E-state index in [-0.39, 0.29) is 0 Å². The first-order valence-corrected chi connectivity index (χ1v) is 2.90. The summed E-state index contributed by atoms with van der Waals surface area (Å²) in [5, 5.41) is 10.4. The highest BCUT2D eigenvalue weighted by Crippen LogP contribution is 1.87. The van der Waals surface area contributed by atoms with Gasteiger partial charge in [0.1, 0.15) is 6.04 Å². The third-order valence-corrected chi connectivity index (χ3v) is 0.896. The molecule has 0 aromatic rings. The number of hydrogen-bond acceptors (Lipinski definition) is 2. The summed E-state index contributed by atoms with van der Waals surface area (Å²) in [4.78, 5) is 20.2. The maximum absolute atomic E-state index is 10.1. The number of amides is 1. The van der Waals surface area contributed by atoms with Gasteiger partial charge in [-0.2, -0.15) is 0 Å². The van der Waals surface area contributed by atoms with E-state index in [1.807, 2.05) is 9.24 Å². The SMILES string of the molecule is C[C@H](NC(=O)P)C(=O)O. The van der Waals surface area contributed by atoms with Crippen molar-refractivity contribution in [3.8, 4) is 0 Å². The Morgan fingerprint density at radius 1 is 1.67 bits per heavy atom. The molecule has 0 aliphatic rings. The smallest absolute Gasteiger partial charge is 0.325 e. The predicted octanol–water partition coefficient (Wildman–Crippen LogP) is 0.0442. The van der Waals surface area contributed by atoms with Crippen LogP contribution in [0.1, 0.15) is 6.92 Å². The fourth-order valence-corrected chi connectivity index (χ4v) is 0.525. The molecule has 0 bridgehead atoms. The van der Waals surface area contributed by atoms with Crippen molar-refractivity contribution in [3.05, 3.63) is 0 Å². The molecule has 1 unspecified atom stereocenters. The van der Waals surface area contributed by atoms with E-state index in [9.17, 15) is 9.59 Å². The van der Waals surface area contributed by atoms with Gasteiger partial charge in [-0.25, -0.2) is 0 Å². The van der Waals surface area contributed by atoms with Crippen molar-refractivity contribution < 1.29 is 14.7 Å². The molecule has 0 spiro atoms. The average molecular weight is 149 g/mol. The van der Waals surface area contributed by atoms with Crippen LogP contribution in [0.2, 0.25) is 0 Å². The number of nitrogens with one attached hydrogen (secondary N) is 1. The Balaban J connectivity index is 3.63. The van der Waals surface area contributed by atoms with Gasteiger partial charge in [0.25, 0.3) is 0 Å². The molecule has 0 aliphatic carbocycles. The first-order chi connectivity index (χ1) is 4.04. The molecule has 0 aliphatic heterocycles. The first kappa shape index (κ1) is 8.37. The zero-order valence-corrected chi connectivity index (χ0v) is 6.07. The Labute approximate surface area is 54.8 Å². The maximum atomic E-state index is 10.1. The zero-order valence-electron chi connectivity index (χ0n) is 4.92. The molecule has 0 saturated heterocycles. The summed E-state index contributed by atoms with van der Waals surface area (Å²) < 4.78 is 0. The van der Waals surface area contributed by atoms with Crippen LogP contribution in [0.3, 0.4) is 0 Å². The van der Waals surface area contributed by atoms with Crippen LogP contribution in [0.5, 0.6) is 0 Å². The Morgan fingerprint density at radius 2 is 2.11 bits per heavy atom. The van der Waals surface area contributed by atoms with Gasteiger partial charge in [0.2, 0.25) is 5.65 Å². The monoisotopic (exact) mass is 149 g/mol. The zero-order chi connectivity index (χ0) is 7.44. The summed E-state index contributed by atoms with van der Waals surface area (Å²) in [6.45, 7) is 1.39. The molecule has 5 heteroatoms. The van der Waals surface area contributed by atoms with Gasteiger partial charge >= 0.3 is 5.97 Å². The standard InChI is InChI=1S/C4H8NO3P/c1-2(3(6)7)5-4(8)9/h2H,9H2,1H3,(H,5,8)(H,6,7)/t2-/m0/s1. The molecule has 0 rings (SSSR count). The van der Waals surface area contributed by atoms with Crippen LogP contribution in [0.15, 0.2) is 0 Å². The van der Waals surface area contributed by atoms with Crippen LogP contribution in [-0.4, -0.2) is 22.8 Å². The summed E-state index contributed by atoms with van der Waals surface area (Å²) in [6, 6.07) is -0.810. The second-order valence-electron chi connectivity index (χ2n) is 1.57. The summed E-state index contributed by atoms with van der Waals surface area (Å²) in [5.41, 5.74) is -0.412. The van der Waals surface area contributed by atoms with Gasteiger partial charge in [0.05, 0.1) is 0 Å². The molecule has 0 fully saturated rings. The molecule has 0 aromatic heterocycles. The van der Waals surface area contributed by atoms with E-state index in [2.05, 4.69) is 5.32 Å². The number of carbonyl (C=O) groups excluding carboxylic acids is 1. The lowest BCUT2D eigenvalue weighted by molar-refractivity contribution is -0.138. The van der Waals surface area contributed by atoms with Crippen molar-refractivity contribution in [2.45, 2.75) is 13.0 Å². The molecule has 0 radical (unpaired) electrons. The normalized spacial score (nSPS) is 12.2. The molecule has 2 N–H and O–H groups in total. The molecule has 0 heterocycles. The van der Waals surface area contributed by atoms with E-state index in [1.54, 1.807) is 0 Å². The molecule has 4 nitrogen and oxygen atoms in total. The highest BCUT2D eigenvalue weighted by molar-refractivity contribution is 7.39. The molecule has 52 valence electrons. The maximum Gasteiger partial charge on any atom is 0.325 e. The van der Waals surface area contributed by atoms with Crippen molar-refractivity contribution in [3.63, 3.8) is 0 Å². The van der Waals surface area contributed by atoms with E-state index >= 15 is 0 Å². The average Bonchev–Trinajstić information content (AvgIpc) is 1.63. The lowest BCUT2D eigenvalue weighted by Crippen LogP contribution is -2.34. The minimum absolute atomic E-state index is 0.412. The Morgan fingerprint density at radius 3 is 2.22 bits per heavy atom. The van der Waals surface area contributed by atoms with E-state index in [1.165, 1.54) is 6.92 Å². The summed E-state index contributed by atoms with van der Waals surface area (Å²) >= 11 is 0. The highest BCUT2D eigenvalue weighted by Gasteiger charge is 2.09. The van der Waals surface area contributed by atoms with Crippen LogP contribution >= 0.6 is 9.24 Å². The Bertz CT molecular complexity index is 136. The number of carboxylic acid groups (broad SMARTS) is 1. The molecule has 0 aromatic carbocycles. The molecular weight excluding hydrogens is 141 g/mol. The van der Waals surface area contributed by atoms with Gasteiger partial charge < -0.3 is 10.4 Å². The first-order valence-electron chi connectivity index (χ1n) is 2.33. The number of carboxylic acids is 1. The van der Waals surface area contributed by atoms with Crippen molar-refractivity contribution >= 4 is 20.9 Å². The number of rotatable bonds is 2. The van der Waals surface area contributed by atoms with Gasteiger partial charge in [0, 0.05) is 0 Å². The van der Waals surface area contributed by atoms with E-state index in [0.717, 1.165) is 0 Å². The van der Waals surface area contributed by atoms with E-state index in [0.29, 0.717) is 0 Å². The molecule has 2 atom stereocenters. The summed E-state index contributed by atoms with van der Waals surface area (Å²) in [6.07, 6.45) is 0. The van der Waals surface area contributed by atoms with E-state index in [4.69, 9.17) is 5.11 Å². The molecule has 1 amide bonds. The summed E-state index contributed by atoms with van der Waals surface area (Å²) in [7, 11) is 1.83. The van der Waals surface area contributed by atoms with E-state index < -0.39 is 17.7 Å². The molecule has 9 heavy (non-hydrogen) atoms. The van der Waals surface area contributed by atoms with Crippen LogP contribution in [0.4, 0.5) is 4.79 Å². The minimum Gasteiger partial charge on any atom is -0.480 e. The largest absolute Gasteiger partial charge is 0.480 e. The lowest BCUT2D eigenvalue weighted by Gasteiger charge is -2.04.